The van der Waals surface area contributed by atoms with E-state index in [0.717, 1.165) is 25.3 Å². The third-order valence-corrected chi connectivity index (χ3v) is 4.58. The molecule has 1 atom stereocenters. The molecule has 1 fully saturated rings. The molecule has 1 heterocycles. The molecule has 0 aromatic heterocycles. The van der Waals surface area contributed by atoms with Crippen LogP contribution in [0.5, 0.6) is 0 Å². The van der Waals surface area contributed by atoms with Crippen molar-refractivity contribution in [3.05, 3.63) is 0 Å². The lowest BCUT2D eigenvalue weighted by Crippen LogP contribution is -2.51. The van der Waals surface area contributed by atoms with E-state index in [1.807, 2.05) is 6.92 Å². The second-order valence-electron chi connectivity index (χ2n) is 6.60. The smallest absolute Gasteiger partial charge is 0.237 e. The van der Waals surface area contributed by atoms with Crippen molar-refractivity contribution >= 4 is 5.91 Å². The second-order valence-corrected chi connectivity index (χ2v) is 6.60. The maximum Gasteiger partial charge on any atom is 0.237 e. The van der Waals surface area contributed by atoms with Gasteiger partial charge in [0, 0.05) is 6.54 Å². The Balaban J connectivity index is 2.23. The zero-order valence-corrected chi connectivity index (χ0v) is 13.6. The van der Waals surface area contributed by atoms with Crippen LogP contribution in [-0.4, -0.2) is 68.6 Å². The molecule has 0 bridgehead atoms. The summed E-state index contributed by atoms with van der Waals surface area (Å²) in [6.07, 6.45) is 4.39. The maximum absolute atomic E-state index is 11.4. The van der Waals surface area contributed by atoms with Gasteiger partial charge in [0.15, 0.2) is 0 Å². The van der Waals surface area contributed by atoms with Gasteiger partial charge < -0.3 is 20.9 Å². The molecular weight excluding hydrogens is 252 g/mol. The number of carbonyl (C=O) groups is 1. The van der Waals surface area contributed by atoms with Gasteiger partial charge in [-0.1, -0.05) is 0 Å². The van der Waals surface area contributed by atoms with E-state index in [9.17, 15) is 4.79 Å². The predicted octanol–water partition coefficient (Wildman–Crippen LogP) is 0.504. The topological polar surface area (TPSA) is 61.6 Å². The summed E-state index contributed by atoms with van der Waals surface area (Å²) in [7, 11) is 6.10. The fourth-order valence-electron chi connectivity index (χ4n) is 2.94. The highest BCUT2D eigenvalue weighted by Crippen LogP contribution is 2.19. The molecule has 20 heavy (non-hydrogen) atoms. The molecule has 0 aromatic carbocycles. The van der Waals surface area contributed by atoms with E-state index in [1.54, 1.807) is 7.05 Å². The molecule has 1 rings (SSSR count). The Kier molecular flexibility index (Phi) is 6.92. The summed E-state index contributed by atoms with van der Waals surface area (Å²) >= 11 is 0. The Morgan fingerprint density at radius 3 is 2.45 bits per heavy atom. The van der Waals surface area contributed by atoms with Gasteiger partial charge in [-0.15, -0.1) is 0 Å². The predicted molar refractivity (Wildman–Crippen MR) is 83.6 cm³/mol. The largest absolute Gasteiger partial charge is 0.368 e. The number of nitrogens with two attached hydrogens (primary N) is 1. The van der Waals surface area contributed by atoms with Crippen LogP contribution >= 0.6 is 0 Å². The summed E-state index contributed by atoms with van der Waals surface area (Å²) in [5.74, 6) is 0.583. The van der Waals surface area contributed by atoms with Gasteiger partial charge in [-0.25, -0.2) is 0 Å². The van der Waals surface area contributed by atoms with Gasteiger partial charge in [0.05, 0.1) is 5.54 Å². The molecule has 1 saturated heterocycles. The minimum atomic E-state index is -0.566. The first-order valence-corrected chi connectivity index (χ1v) is 7.73. The quantitative estimate of drug-likeness (QED) is 0.681. The second kappa shape index (κ2) is 7.96. The van der Waals surface area contributed by atoms with E-state index in [1.165, 1.54) is 32.5 Å². The first-order valence-electron chi connectivity index (χ1n) is 7.73. The lowest BCUT2D eigenvalue weighted by molar-refractivity contribution is -0.123. The number of amides is 1. The lowest BCUT2D eigenvalue weighted by Gasteiger charge is -2.34. The van der Waals surface area contributed by atoms with Gasteiger partial charge >= 0.3 is 0 Å². The highest BCUT2D eigenvalue weighted by Gasteiger charge is 2.28. The zero-order valence-electron chi connectivity index (χ0n) is 13.6. The summed E-state index contributed by atoms with van der Waals surface area (Å²) in [5.41, 5.74) is 4.88. The Morgan fingerprint density at radius 2 is 2.00 bits per heavy atom. The van der Waals surface area contributed by atoms with Gasteiger partial charge in [0.25, 0.3) is 0 Å². The minimum Gasteiger partial charge on any atom is -0.368 e. The van der Waals surface area contributed by atoms with Gasteiger partial charge in [-0.05, 0) is 79.3 Å². The number of rotatable bonds is 8. The molecule has 118 valence electrons. The molecule has 5 nitrogen and oxygen atoms in total. The van der Waals surface area contributed by atoms with E-state index >= 15 is 0 Å². The number of nitrogens with zero attached hydrogens (tertiary/aromatic N) is 2. The third-order valence-electron chi connectivity index (χ3n) is 4.58. The Labute approximate surface area is 123 Å². The number of piperidine rings is 1. The van der Waals surface area contributed by atoms with Crippen molar-refractivity contribution in [3.8, 4) is 0 Å². The molecule has 1 aliphatic heterocycles. The van der Waals surface area contributed by atoms with Crippen LogP contribution in [0.4, 0.5) is 0 Å². The van der Waals surface area contributed by atoms with Crippen LogP contribution in [0.1, 0.15) is 32.6 Å². The van der Waals surface area contributed by atoms with E-state index in [4.69, 9.17) is 5.73 Å². The number of likely N-dealkylation sites (tertiary alicyclic amines) is 1. The summed E-state index contributed by atoms with van der Waals surface area (Å²) in [6, 6.07) is 0. The van der Waals surface area contributed by atoms with Crippen LogP contribution in [0, 0.1) is 5.92 Å². The summed E-state index contributed by atoms with van der Waals surface area (Å²) in [5, 5.41) is 3.05. The van der Waals surface area contributed by atoms with Crippen LogP contribution < -0.4 is 11.1 Å². The summed E-state index contributed by atoms with van der Waals surface area (Å²) in [4.78, 5) is 16.2. The minimum absolute atomic E-state index is 0.260. The highest BCUT2D eigenvalue weighted by molar-refractivity contribution is 5.84. The number of likely N-dealkylation sites (N-methyl/N-ethyl adjacent to an activating group) is 1. The molecule has 0 spiro atoms. The highest BCUT2D eigenvalue weighted by atomic mass is 16.1. The number of carbonyl (C=O) groups excluding carboxylic acids is 1. The average molecular weight is 284 g/mol. The number of primary amides is 1. The Hall–Kier alpha value is -0.650. The van der Waals surface area contributed by atoms with Crippen molar-refractivity contribution < 1.29 is 4.79 Å². The SMILES string of the molecule is CNC(C)(CCCN1CCC(CN(C)C)CC1)C(N)=O. The number of nitrogens with one attached hydrogen (secondary N) is 1. The van der Waals surface area contributed by atoms with E-state index in [0.29, 0.717) is 0 Å². The fourth-order valence-corrected chi connectivity index (χ4v) is 2.94. The van der Waals surface area contributed by atoms with Crippen molar-refractivity contribution in [2.75, 3.05) is 47.3 Å². The molecule has 0 aliphatic carbocycles. The van der Waals surface area contributed by atoms with E-state index in [-0.39, 0.29) is 5.91 Å². The van der Waals surface area contributed by atoms with Crippen LogP contribution in [0.15, 0.2) is 0 Å². The summed E-state index contributed by atoms with van der Waals surface area (Å²) in [6.45, 7) is 6.53. The maximum atomic E-state index is 11.4. The molecule has 1 amide bonds. The van der Waals surface area contributed by atoms with Crippen molar-refractivity contribution in [1.82, 2.24) is 15.1 Å². The fraction of sp³-hybridized carbons (Fsp3) is 0.933. The summed E-state index contributed by atoms with van der Waals surface area (Å²) < 4.78 is 0. The van der Waals surface area contributed by atoms with Crippen molar-refractivity contribution in [2.45, 2.75) is 38.1 Å². The monoisotopic (exact) mass is 284 g/mol. The van der Waals surface area contributed by atoms with Crippen LogP contribution in [0.25, 0.3) is 0 Å². The Morgan fingerprint density at radius 1 is 1.40 bits per heavy atom. The van der Waals surface area contributed by atoms with Crippen LogP contribution in [-0.2, 0) is 4.79 Å². The molecule has 1 aliphatic rings. The van der Waals surface area contributed by atoms with Crippen LogP contribution in [0.3, 0.4) is 0 Å². The number of hydrogen-bond donors (Lipinski definition) is 2. The molecule has 0 radical (unpaired) electrons. The molecule has 5 heteroatoms. The number of hydrogen-bond acceptors (Lipinski definition) is 4. The first kappa shape index (κ1) is 17.4. The first-order chi connectivity index (χ1) is 9.37. The van der Waals surface area contributed by atoms with E-state index in [2.05, 4.69) is 29.2 Å². The standard InChI is InChI=1S/C15H32N4O/c1-15(17-2,14(16)20)8-5-9-19-10-6-13(7-11-19)12-18(3)4/h13,17H,5-12H2,1-4H3,(H2,16,20). The van der Waals surface area contributed by atoms with Gasteiger partial charge in [0.2, 0.25) is 5.91 Å². The van der Waals surface area contributed by atoms with Crippen molar-refractivity contribution in [3.63, 3.8) is 0 Å². The third kappa shape index (κ3) is 5.38. The molecule has 0 saturated carbocycles. The average Bonchev–Trinajstić information content (AvgIpc) is 2.39. The Bertz CT molecular complexity index is 300. The van der Waals surface area contributed by atoms with Crippen LogP contribution in [0.2, 0.25) is 0 Å². The normalized spacial score (nSPS) is 21.1. The molecular formula is C15H32N4O. The van der Waals surface area contributed by atoms with Gasteiger partial charge in [-0.2, -0.15) is 0 Å². The molecule has 1 unspecified atom stereocenters. The van der Waals surface area contributed by atoms with Gasteiger partial charge in [-0.3, -0.25) is 4.79 Å². The molecule has 3 N–H and O–H groups in total. The van der Waals surface area contributed by atoms with Crippen molar-refractivity contribution in [2.24, 2.45) is 11.7 Å². The van der Waals surface area contributed by atoms with E-state index < -0.39 is 5.54 Å². The lowest BCUT2D eigenvalue weighted by atomic mass is 9.93. The molecule has 0 aromatic rings. The van der Waals surface area contributed by atoms with Crippen molar-refractivity contribution in [1.29, 1.82) is 0 Å². The zero-order chi connectivity index (χ0) is 15.2. The van der Waals surface area contributed by atoms with Gasteiger partial charge in [0.1, 0.15) is 0 Å².